The van der Waals surface area contributed by atoms with E-state index in [9.17, 15) is 13.2 Å². The predicted octanol–water partition coefficient (Wildman–Crippen LogP) is 4.82. The first-order valence-electron chi connectivity index (χ1n) is 9.89. The summed E-state index contributed by atoms with van der Waals surface area (Å²) in [7, 11) is -3.75. The minimum absolute atomic E-state index is 0.108. The van der Waals surface area contributed by atoms with E-state index in [1.807, 2.05) is 63.2 Å². The predicted molar refractivity (Wildman–Crippen MR) is 123 cm³/mol. The first-order chi connectivity index (χ1) is 14.7. The van der Waals surface area contributed by atoms with Crippen LogP contribution in [0.4, 0.5) is 11.4 Å². The number of ether oxygens (including phenoxy) is 1. The van der Waals surface area contributed by atoms with E-state index in [4.69, 9.17) is 4.74 Å². The number of rotatable bonds is 7. The van der Waals surface area contributed by atoms with Crippen LogP contribution in [0.3, 0.4) is 0 Å². The molecule has 7 heteroatoms. The van der Waals surface area contributed by atoms with Gasteiger partial charge in [-0.05, 0) is 75.2 Å². The van der Waals surface area contributed by atoms with Gasteiger partial charge in [0.05, 0.1) is 10.6 Å². The van der Waals surface area contributed by atoms with E-state index in [0.717, 1.165) is 16.7 Å². The second kappa shape index (κ2) is 9.22. The molecular weight excluding hydrogens is 412 g/mol. The molecule has 0 unspecified atom stereocenters. The van der Waals surface area contributed by atoms with Crippen molar-refractivity contribution in [2.24, 2.45) is 0 Å². The number of hydrogen-bond acceptors (Lipinski definition) is 4. The van der Waals surface area contributed by atoms with Crippen molar-refractivity contribution in [1.82, 2.24) is 0 Å². The highest BCUT2D eigenvalue weighted by Gasteiger charge is 2.18. The van der Waals surface area contributed by atoms with Crippen LogP contribution in [0.25, 0.3) is 0 Å². The minimum Gasteiger partial charge on any atom is -0.481 e. The summed E-state index contributed by atoms with van der Waals surface area (Å²) in [6, 6.07) is 19.0. The lowest BCUT2D eigenvalue weighted by molar-refractivity contribution is -0.122. The van der Waals surface area contributed by atoms with Gasteiger partial charge in [-0.1, -0.05) is 35.9 Å². The molecule has 1 amide bonds. The van der Waals surface area contributed by atoms with Gasteiger partial charge in [-0.2, -0.15) is 0 Å². The number of sulfonamides is 1. The summed E-state index contributed by atoms with van der Waals surface area (Å²) in [6.45, 7) is 7.33. The van der Waals surface area contributed by atoms with Gasteiger partial charge < -0.3 is 10.1 Å². The number of nitrogens with one attached hydrogen (secondary N) is 2. The van der Waals surface area contributed by atoms with E-state index < -0.39 is 16.1 Å². The van der Waals surface area contributed by atoms with Gasteiger partial charge in [0.2, 0.25) is 0 Å². The van der Waals surface area contributed by atoms with Gasteiger partial charge in [-0.25, -0.2) is 8.42 Å². The molecule has 0 aromatic heterocycles. The molecule has 1 atom stereocenters. The van der Waals surface area contributed by atoms with Gasteiger partial charge in [0, 0.05) is 5.69 Å². The monoisotopic (exact) mass is 438 g/mol. The molecule has 6 nitrogen and oxygen atoms in total. The van der Waals surface area contributed by atoms with Crippen LogP contribution in [0, 0.1) is 20.8 Å². The number of amides is 1. The van der Waals surface area contributed by atoms with Gasteiger partial charge >= 0.3 is 0 Å². The lowest BCUT2D eigenvalue weighted by Gasteiger charge is -2.16. The Balaban J connectivity index is 1.66. The number of carbonyl (C=O) groups excluding carboxylic acids is 1. The van der Waals surface area contributed by atoms with Crippen molar-refractivity contribution in [3.05, 3.63) is 83.4 Å². The van der Waals surface area contributed by atoms with Crippen LogP contribution in [-0.4, -0.2) is 20.4 Å². The number of benzene rings is 3. The van der Waals surface area contributed by atoms with Crippen molar-refractivity contribution in [3.63, 3.8) is 0 Å². The van der Waals surface area contributed by atoms with Crippen LogP contribution in [-0.2, 0) is 14.8 Å². The molecule has 0 fully saturated rings. The van der Waals surface area contributed by atoms with E-state index in [1.165, 1.54) is 12.1 Å². The van der Waals surface area contributed by atoms with Crippen molar-refractivity contribution in [2.75, 3.05) is 10.0 Å². The SMILES string of the molecule is Cc1ccc(O[C@H](C)C(=O)Nc2ccc(S(=O)(=O)Nc3c(C)cccc3C)cc2)cc1. The summed E-state index contributed by atoms with van der Waals surface area (Å²) >= 11 is 0. The van der Waals surface area contributed by atoms with Crippen LogP contribution < -0.4 is 14.8 Å². The van der Waals surface area contributed by atoms with Crippen molar-refractivity contribution < 1.29 is 17.9 Å². The zero-order valence-corrected chi connectivity index (χ0v) is 18.8. The molecule has 0 radical (unpaired) electrons. The molecule has 3 aromatic rings. The van der Waals surface area contributed by atoms with Gasteiger partial charge in [0.1, 0.15) is 5.75 Å². The molecule has 3 aromatic carbocycles. The molecule has 0 bridgehead atoms. The smallest absolute Gasteiger partial charge is 0.265 e. The lowest BCUT2D eigenvalue weighted by Crippen LogP contribution is -2.30. The summed E-state index contributed by atoms with van der Waals surface area (Å²) in [4.78, 5) is 12.5. The molecule has 162 valence electrons. The lowest BCUT2D eigenvalue weighted by atomic mass is 10.1. The van der Waals surface area contributed by atoms with Gasteiger partial charge in [0.15, 0.2) is 6.10 Å². The molecule has 0 spiro atoms. The van der Waals surface area contributed by atoms with Crippen LogP contribution in [0.15, 0.2) is 71.6 Å². The van der Waals surface area contributed by atoms with Gasteiger partial charge in [-0.15, -0.1) is 0 Å². The second-order valence-electron chi connectivity index (χ2n) is 7.46. The fraction of sp³-hybridized carbons (Fsp3) is 0.208. The topological polar surface area (TPSA) is 84.5 Å². The van der Waals surface area contributed by atoms with E-state index in [1.54, 1.807) is 19.1 Å². The summed E-state index contributed by atoms with van der Waals surface area (Å²) in [5.41, 5.74) is 3.84. The molecule has 0 saturated carbocycles. The first-order valence-corrected chi connectivity index (χ1v) is 11.4. The van der Waals surface area contributed by atoms with E-state index >= 15 is 0 Å². The van der Waals surface area contributed by atoms with Gasteiger partial charge in [-0.3, -0.25) is 9.52 Å². The van der Waals surface area contributed by atoms with Crippen molar-refractivity contribution in [1.29, 1.82) is 0 Å². The number of hydrogen-bond donors (Lipinski definition) is 2. The highest BCUT2D eigenvalue weighted by Crippen LogP contribution is 2.24. The Hall–Kier alpha value is -3.32. The summed E-state index contributed by atoms with van der Waals surface area (Å²) in [6.07, 6.45) is -0.711. The number of aryl methyl sites for hydroxylation is 3. The molecule has 3 rings (SSSR count). The maximum atomic E-state index is 12.8. The average molecular weight is 439 g/mol. The molecule has 0 aliphatic heterocycles. The molecular formula is C24H26N2O4S. The molecule has 0 heterocycles. The third-order valence-electron chi connectivity index (χ3n) is 4.85. The standard InChI is InChI=1S/C24H26N2O4S/c1-16-8-12-21(13-9-16)30-19(4)24(27)25-20-10-14-22(15-11-20)31(28,29)26-23-17(2)6-5-7-18(23)3/h5-15,19,26H,1-4H3,(H,25,27)/t19-/m1/s1. The Morgan fingerprint density at radius 2 is 1.45 bits per heavy atom. The van der Waals surface area contributed by atoms with Crippen molar-refractivity contribution >= 4 is 27.3 Å². The zero-order valence-electron chi connectivity index (χ0n) is 18.0. The van der Waals surface area contributed by atoms with Crippen molar-refractivity contribution in [3.8, 4) is 5.75 Å². The van der Waals surface area contributed by atoms with Crippen LogP contribution >= 0.6 is 0 Å². The Morgan fingerprint density at radius 3 is 2.03 bits per heavy atom. The summed E-state index contributed by atoms with van der Waals surface area (Å²) in [5.74, 6) is 0.275. The second-order valence-corrected chi connectivity index (χ2v) is 9.14. The molecule has 0 aliphatic carbocycles. The number of carbonyl (C=O) groups is 1. The largest absolute Gasteiger partial charge is 0.481 e. The number of para-hydroxylation sites is 1. The summed E-state index contributed by atoms with van der Waals surface area (Å²) < 4.78 is 33.8. The van der Waals surface area contributed by atoms with Crippen molar-refractivity contribution in [2.45, 2.75) is 38.7 Å². The molecule has 31 heavy (non-hydrogen) atoms. The van der Waals surface area contributed by atoms with E-state index in [0.29, 0.717) is 17.1 Å². The van der Waals surface area contributed by atoms with Crippen LogP contribution in [0.2, 0.25) is 0 Å². The average Bonchev–Trinajstić information content (AvgIpc) is 2.73. The first kappa shape index (κ1) is 22.4. The summed E-state index contributed by atoms with van der Waals surface area (Å²) in [5, 5.41) is 2.74. The van der Waals surface area contributed by atoms with Crippen LogP contribution in [0.5, 0.6) is 5.75 Å². The van der Waals surface area contributed by atoms with Crippen LogP contribution in [0.1, 0.15) is 23.6 Å². The fourth-order valence-corrected chi connectivity index (χ4v) is 4.21. The molecule has 0 aliphatic rings. The third kappa shape index (κ3) is 5.64. The Kier molecular flexibility index (Phi) is 6.65. The molecule has 2 N–H and O–H groups in total. The maximum Gasteiger partial charge on any atom is 0.265 e. The quantitative estimate of drug-likeness (QED) is 0.554. The van der Waals surface area contributed by atoms with E-state index in [2.05, 4.69) is 10.0 Å². The zero-order chi connectivity index (χ0) is 22.6. The van der Waals surface area contributed by atoms with E-state index in [-0.39, 0.29) is 10.8 Å². The van der Waals surface area contributed by atoms with Gasteiger partial charge in [0.25, 0.3) is 15.9 Å². The Labute approximate surface area is 183 Å². The maximum absolute atomic E-state index is 12.8. The highest BCUT2D eigenvalue weighted by molar-refractivity contribution is 7.92. The highest BCUT2D eigenvalue weighted by atomic mass is 32.2. The Morgan fingerprint density at radius 1 is 0.871 bits per heavy atom. The fourth-order valence-electron chi connectivity index (χ4n) is 3.00. The third-order valence-corrected chi connectivity index (χ3v) is 6.22. The minimum atomic E-state index is -3.75. The molecule has 0 saturated heterocycles. The normalized spacial score (nSPS) is 12.1. The number of anilines is 2. The Bertz CT molecular complexity index is 1150.